The Labute approximate surface area is 215 Å². The first-order chi connectivity index (χ1) is 17.7. The number of esters is 1. The molecule has 1 heterocycles. The lowest BCUT2D eigenvalue weighted by molar-refractivity contribution is -0.132. The lowest BCUT2D eigenvalue weighted by Crippen LogP contribution is -2.29. The van der Waals surface area contributed by atoms with E-state index in [9.17, 15) is 19.5 Å². The van der Waals surface area contributed by atoms with Crippen molar-refractivity contribution < 1.29 is 29.0 Å². The molecule has 3 aromatic rings. The molecule has 1 amide bonds. The molecule has 1 unspecified atom stereocenters. The number of aliphatic hydroxyl groups excluding tert-OH is 1. The maximum atomic E-state index is 13.4. The molecule has 190 valence electrons. The molecule has 0 aromatic heterocycles. The average molecular weight is 500 g/mol. The van der Waals surface area contributed by atoms with Crippen LogP contribution in [0.25, 0.3) is 5.76 Å². The summed E-state index contributed by atoms with van der Waals surface area (Å²) in [4.78, 5) is 39.7. The van der Waals surface area contributed by atoms with E-state index in [1.807, 2.05) is 32.9 Å². The minimum atomic E-state index is -0.947. The summed E-state index contributed by atoms with van der Waals surface area (Å²) in [5.41, 5.74) is 2.38. The van der Waals surface area contributed by atoms with Crippen LogP contribution in [0.5, 0.6) is 11.5 Å². The number of Topliss-reactive ketones (excluding diaryl/α,β-unsaturated/α-hetero) is 1. The highest BCUT2D eigenvalue weighted by Crippen LogP contribution is 2.43. The zero-order chi connectivity index (χ0) is 26.7. The van der Waals surface area contributed by atoms with E-state index in [2.05, 4.69) is 0 Å². The van der Waals surface area contributed by atoms with Gasteiger partial charge in [-0.05, 0) is 67.8 Å². The van der Waals surface area contributed by atoms with Crippen molar-refractivity contribution in [3.8, 4) is 11.5 Å². The number of ether oxygens (including phenoxy) is 2. The smallest absolute Gasteiger partial charge is 0.308 e. The van der Waals surface area contributed by atoms with Crippen LogP contribution in [-0.4, -0.2) is 28.9 Å². The third kappa shape index (κ3) is 5.40. The minimum absolute atomic E-state index is 0.0637. The van der Waals surface area contributed by atoms with Crippen molar-refractivity contribution in [3.05, 3.63) is 95.1 Å². The first kappa shape index (κ1) is 25.7. The lowest BCUT2D eigenvalue weighted by atomic mass is 9.95. The Balaban J connectivity index is 1.90. The number of hydrogen-bond donors (Lipinski definition) is 1. The summed E-state index contributed by atoms with van der Waals surface area (Å²) < 4.78 is 11.0. The number of carbonyl (C=O) groups is 3. The fourth-order valence-corrected chi connectivity index (χ4v) is 4.36. The van der Waals surface area contributed by atoms with Gasteiger partial charge in [0.05, 0.1) is 17.7 Å². The van der Waals surface area contributed by atoms with E-state index in [1.54, 1.807) is 60.7 Å². The van der Waals surface area contributed by atoms with Crippen molar-refractivity contribution in [3.63, 3.8) is 0 Å². The number of aliphatic hydroxyl groups is 1. The molecule has 0 aliphatic carbocycles. The molecule has 1 saturated heterocycles. The first-order valence-corrected chi connectivity index (χ1v) is 12.1. The SMILES string of the molecule is CCc1ccc(N2C(=O)C(=O)/C(=C(\O)c3cccc(OC(C)C)c3)C2c2cccc(OC(C)=O)c2)cc1. The molecule has 1 atom stereocenters. The van der Waals surface area contributed by atoms with Gasteiger partial charge in [-0.15, -0.1) is 0 Å². The van der Waals surface area contributed by atoms with Crippen LogP contribution in [0.2, 0.25) is 0 Å². The molecule has 37 heavy (non-hydrogen) atoms. The van der Waals surface area contributed by atoms with Crippen LogP contribution >= 0.6 is 0 Å². The molecule has 1 aliphatic heterocycles. The van der Waals surface area contributed by atoms with Gasteiger partial charge in [-0.25, -0.2) is 0 Å². The Morgan fingerprint density at radius 1 is 0.973 bits per heavy atom. The summed E-state index contributed by atoms with van der Waals surface area (Å²) in [6.45, 7) is 7.09. The largest absolute Gasteiger partial charge is 0.507 e. The van der Waals surface area contributed by atoms with Gasteiger partial charge < -0.3 is 14.6 Å². The highest BCUT2D eigenvalue weighted by molar-refractivity contribution is 6.51. The Kier molecular flexibility index (Phi) is 7.43. The second-order valence-electron chi connectivity index (χ2n) is 9.05. The fraction of sp³-hybridized carbons (Fsp3) is 0.233. The van der Waals surface area contributed by atoms with Gasteiger partial charge in [0.15, 0.2) is 0 Å². The van der Waals surface area contributed by atoms with Gasteiger partial charge >= 0.3 is 5.97 Å². The summed E-state index contributed by atoms with van der Waals surface area (Å²) in [5.74, 6) is -1.59. The molecule has 7 heteroatoms. The Morgan fingerprint density at radius 3 is 2.30 bits per heavy atom. The average Bonchev–Trinajstić information content (AvgIpc) is 3.13. The highest BCUT2D eigenvalue weighted by Gasteiger charge is 2.47. The number of amides is 1. The maximum absolute atomic E-state index is 13.4. The number of hydrogen-bond acceptors (Lipinski definition) is 6. The van der Waals surface area contributed by atoms with Crippen LogP contribution in [0.15, 0.2) is 78.4 Å². The molecule has 0 bridgehead atoms. The molecular weight excluding hydrogens is 470 g/mol. The van der Waals surface area contributed by atoms with E-state index in [4.69, 9.17) is 9.47 Å². The van der Waals surface area contributed by atoms with E-state index in [-0.39, 0.29) is 23.2 Å². The van der Waals surface area contributed by atoms with Crippen molar-refractivity contribution in [2.45, 2.75) is 46.3 Å². The molecule has 7 nitrogen and oxygen atoms in total. The van der Waals surface area contributed by atoms with Crippen molar-refractivity contribution >= 4 is 29.1 Å². The highest BCUT2D eigenvalue weighted by atomic mass is 16.5. The van der Waals surface area contributed by atoms with Gasteiger partial charge in [0.1, 0.15) is 17.3 Å². The molecule has 0 spiro atoms. The number of anilines is 1. The number of benzene rings is 3. The van der Waals surface area contributed by atoms with Crippen LogP contribution in [-0.2, 0) is 20.8 Å². The third-order valence-electron chi connectivity index (χ3n) is 5.98. The van der Waals surface area contributed by atoms with Gasteiger partial charge in [0.2, 0.25) is 0 Å². The Morgan fingerprint density at radius 2 is 1.65 bits per heavy atom. The summed E-state index contributed by atoms with van der Waals surface area (Å²) in [7, 11) is 0. The van der Waals surface area contributed by atoms with Gasteiger partial charge in [-0.3, -0.25) is 19.3 Å². The topological polar surface area (TPSA) is 93.1 Å². The fourth-order valence-electron chi connectivity index (χ4n) is 4.36. The molecule has 0 radical (unpaired) electrons. The second kappa shape index (κ2) is 10.7. The van der Waals surface area contributed by atoms with E-state index < -0.39 is 23.7 Å². The van der Waals surface area contributed by atoms with Crippen LogP contribution < -0.4 is 14.4 Å². The van der Waals surface area contributed by atoms with Crippen LogP contribution in [0.3, 0.4) is 0 Å². The number of nitrogens with zero attached hydrogens (tertiary/aromatic N) is 1. The summed E-state index contributed by atoms with van der Waals surface area (Å²) >= 11 is 0. The maximum Gasteiger partial charge on any atom is 0.308 e. The van der Waals surface area contributed by atoms with E-state index in [0.717, 1.165) is 12.0 Å². The van der Waals surface area contributed by atoms with Crippen molar-refractivity contribution in [2.75, 3.05) is 4.90 Å². The molecule has 1 aliphatic rings. The molecular formula is C30H29NO6. The molecule has 4 rings (SSSR count). The van der Waals surface area contributed by atoms with Crippen molar-refractivity contribution in [1.82, 2.24) is 0 Å². The van der Waals surface area contributed by atoms with Crippen LogP contribution in [0, 0.1) is 0 Å². The summed E-state index contributed by atoms with van der Waals surface area (Å²) in [6, 6.07) is 19.8. The predicted molar refractivity (Wildman–Crippen MR) is 141 cm³/mol. The summed E-state index contributed by atoms with van der Waals surface area (Å²) in [6.07, 6.45) is 0.736. The standard InChI is InChI=1S/C30H29NO6/c1-5-20-12-14-23(15-13-20)31-27(21-8-6-11-25(16-21)37-19(4)32)26(29(34)30(31)35)28(33)22-9-7-10-24(17-22)36-18(2)3/h6-18,27,33H,5H2,1-4H3/b28-26-. The normalized spacial score (nSPS) is 16.8. The lowest BCUT2D eigenvalue weighted by Gasteiger charge is -2.26. The van der Waals surface area contributed by atoms with Crippen molar-refractivity contribution in [1.29, 1.82) is 0 Å². The van der Waals surface area contributed by atoms with E-state index in [1.165, 1.54) is 11.8 Å². The Bertz CT molecular complexity index is 1370. The molecule has 1 N–H and O–H groups in total. The molecule has 0 saturated carbocycles. The van der Waals surface area contributed by atoms with Crippen LogP contribution in [0.1, 0.15) is 50.4 Å². The van der Waals surface area contributed by atoms with Gasteiger partial charge in [0, 0.05) is 18.2 Å². The van der Waals surface area contributed by atoms with Gasteiger partial charge in [-0.1, -0.05) is 43.3 Å². The number of ketones is 1. The first-order valence-electron chi connectivity index (χ1n) is 12.1. The zero-order valence-corrected chi connectivity index (χ0v) is 21.2. The quantitative estimate of drug-likeness (QED) is 0.150. The van der Waals surface area contributed by atoms with Crippen LogP contribution in [0.4, 0.5) is 5.69 Å². The van der Waals surface area contributed by atoms with E-state index in [0.29, 0.717) is 22.6 Å². The Hall–Kier alpha value is -4.39. The van der Waals surface area contributed by atoms with Gasteiger partial charge in [0.25, 0.3) is 11.7 Å². The molecule has 3 aromatic carbocycles. The van der Waals surface area contributed by atoms with Crippen molar-refractivity contribution in [2.24, 2.45) is 0 Å². The number of aryl methyl sites for hydroxylation is 1. The zero-order valence-electron chi connectivity index (χ0n) is 21.2. The second-order valence-corrected chi connectivity index (χ2v) is 9.05. The predicted octanol–water partition coefficient (Wildman–Crippen LogP) is 5.59. The summed E-state index contributed by atoms with van der Waals surface area (Å²) in [5, 5.41) is 11.4. The molecule has 1 fully saturated rings. The third-order valence-corrected chi connectivity index (χ3v) is 5.98. The number of carbonyl (C=O) groups excluding carboxylic acids is 3. The minimum Gasteiger partial charge on any atom is -0.507 e. The number of rotatable bonds is 7. The van der Waals surface area contributed by atoms with Gasteiger partial charge in [-0.2, -0.15) is 0 Å². The monoisotopic (exact) mass is 499 g/mol. The van der Waals surface area contributed by atoms with E-state index >= 15 is 0 Å².